The van der Waals surface area contributed by atoms with Crippen LogP contribution in [0.4, 0.5) is 0 Å². The minimum atomic E-state index is 0.187. The van der Waals surface area contributed by atoms with Crippen LogP contribution in [0.3, 0.4) is 0 Å². The van der Waals surface area contributed by atoms with Gasteiger partial charge in [-0.1, -0.05) is 0 Å². The van der Waals surface area contributed by atoms with E-state index in [1.165, 1.54) is 17.8 Å². The SMILES string of the molecule is O=C(c1cscn1)C1CCCS1. The van der Waals surface area contributed by atoms with Crippen molar-refractivity contribution in [1.29, 1.82) is 0 Å². The molecule has 64 valence electrons. The van der Waals surface area contributed by atoms with Crippen LogP contribution in [0, 0.1) is 0 Å². The lowest BCUT2D eigenvalue weighted by Crippen LogP contribution is -2.14. The zero-order valence-electron chi connectivity index (χ0n) is 6.53. The van der Waals surface area contributed by atoms with Crippen molar-refractivity contribution in [2.45, 2.75) is 18.1 Å². The fourth-order valence-electron chi connectivity index (χ4n) is 1.28. The monoisotopic (exact) mass is 199 g/mol. The Labute approximate surface area is 79.4 Å². The van der Waals surface area contributed by atoms with Crippen molar-refractivity contribution in [3.8, 4) is 0 Å². The predicted molar refractivity (Wildman–Crippen MR) is 51.9 cm³/mol. The summed E-state index contributed by atoms with van der Waals surface area (Å²) in [5, 5.41) is 2.02. The van der Waals surface area contributed by atoms with Gasteiger partial charge in [0, 0.05) is 5.38 Å². The van der Waals surface area contributed by atoms with Gasteiger partial charge in [0.15, 0.2) is 5.78 Å². The molecule has 1 fully saturated rings. The molecule has 0 radical (unpaired) electrons. The van der Waals surface area contributed by atoms with Crippen molar-refractivity contribution >= 4 is 28.9 Å². The molecule has 0 aliphatic carbocycles. The Morgan fingerprint density at radius 2 is 2.58 bits per heavy atom. The smallest absolute Gasteiger partial charge is 0.194 e. The number of carbonyl (C=O) groups excluding carboxylic acids is 1. The van der Waals surface area contributed by atoms with Crippen molar-refractivity contribution in [2.75, 3.05) is 5.75 Å². The summed E-state index contributed by atoms with van der Waals surface area (Å²) >= 11 is 3.25. The van der Waals surface area contributed by atoms with E-state index in [1.54, 1.807) is 17.3 Å². The molecule has 1 atom stereocenters. The van der Waals surface area contributed by atoms with Crippen LogP contribution in [0.2, 0.25) is 0 Å². The van der Waals surface area contributed by atoms with Crippen molar-refractivity contribution in [2.24, 2.45) is 0 Å². The van der Waals surface area contributed by atoms with E-state index in [1.807, 2.05) is 5.38 Å². The Balaban J connectivity index is 2.09. The maximum atomic E-state index is 11.6. The zero-order valence-corrected chi connectivity index (χ0v) is 8.16. The molecular formula is C8H9NOS2. The topological polar surface area (TPSA) is 30.0 Å². The van der Waals surface area contributed by atoms with Crippen molar-refractivity contribution in [3.63, 3.8) is 0 Å². The Morgan fingerprint density at radius 1 is 1.67 bits per heavy atom. The largest absolute Gasteiger partial charge is 0.291 e. The number of ketones is 1. The van der Waals surface area contributed by atoms with E-state index in [2.05, 4.69) is 4.98 Å². The molecule has 1 aromatic rings. The van der Waals surface area contributed by atoms with Gasteiger partial charge in [-0.2, -0.15) is 11.8 Å². The van der Waals surface area contributed by atoms with E-state index in [9.17, 15) is 4.79 Å². The first-order valence-electron chi connectivity index (χ1n) is 3.92. The van der Waals surface area contributed by atoms with Gasteiger partial charge in [-0.05, 0) is 18.6 Å². The second-order valence-corrected chi connectivity index (χ2v) is 4.77. The molecule has 1 aromatic heterocycles. The lowest BCUT2D eigenvalue weighted by Gasteiger charge is -2.02. The van der Waals surface area contributed by atoms with Gasteiger partial charge >= 0.3 is 0 Å². The van der Waals surface area contributed by atoms with Crippen LogP contribution in [0.1, 0.15) is 23.3 Å². The Hall–Kier alpha value is -0.350. The summed E-state index contributed by atoms with van der Waals surface area (Å²) in [5.41, 5.74) is 2.37. The minimum Gasteiger partial charge on any atom is -0.291 e. The van der Waals surface area contributed by atoms with Gasteiger partial charge in [-0.25, -0.2) is 4.98 Å². The third-order valence-corrected chi connectivity index (χ3v) is 3.87. The second-order valence-electron chi connectivity index (χ2n) is 2.74. The van der Waals surface area contributed by atoms with Crippen LogP contribution in [0.15, 0.2) is 10.9 Å². The number of thiazole rings is 1. The number of hydrogen-bond acceptors (Lipinski definition) is 4. The Morgan fingerprint density at radius 3 is 3.17 bits per heavy atom. The molecule has 2 rings (SSSR count). The van der Waals surface area contributed by atoms with E-state index < -0.39 is 0 Å². The number of hydrogen-bond donors (Lipinski definition) is 0. The molecular weight excluding hydrogens is 190 g/mol. The quantitative estimate of drug-likeness (QED) is 0.684. The van der Waals surface area contributed by atoms with Gasteiger partial charge in [0.25, 0.3) is 0 Å². The normalized spacial score (nSPS) is 22.8. The summed E-state index contributed by atoms with van der Waals surface area (Å²) in [6, 6.07) is 0. The predicted octanol–water partition coefficient (Wildman–Crippen LogP) is 2.22. The maximum absolute atomic E-state index is 11.6. The number of aromatic nitrogens is 1. The fraction of sp³-hybridized carbons (Fsp3) is 0.500. The lowest BCUT2D eigenvalue weighted by atomic mass is 10.1. The van der Waals surface area contributed by atoms with Crippen LogP contribution in [-0.2, 0) is 0 Å². The van der Waals surface area contributed by atoms with Gasteiger partial charge in [-0.15, -0.1) is 11.3 Å². The molecule has 12 heavy (non-hydrogen) atoms. The third-order valence-electron chi connectivity index (χ3n) is 1.91. The van der Waals surface area contributed by atoms with Crippen molar-refractivity contribution in [1.82, 2.24) is 4.98 Å². The lowest BCUT2D eigenvalue weighted by molar-refractivity contribution is 0.0984. The highest BCUT2D eigenvalue weighted by Crippen LogP contribution is 2.28. The molecule has 1 saturated heterocycles. The fourth-order valence-corrected chi connectivity index (χ4v) is 3.05. The minimum absolute atomic E-state index is 0.187. The van der Waals surface area contributed by atoms with Crippen LogP contribution in [0.25, 0.3) is 0 Å². The summed E-state index contributed by atoms with van der Waals surface area (Å²) in [6.07, 6.45) is 2.20. The zero-order chi connectivity index (χ0) is 8.39. The summed E-state index contributed by atoms with van der Waals surface area (Å²) in [4.78, 5) is 15.6. The van der Waals surface area contributed by atoms with Gasteiger partial charge in [0.1, 0.15) is 5.69 Å². The average molecular weight is 199 g/mol. The number of carbonyl (C=O) groups is 1. The molecule has 1 aliphatic rings. The molecule has 2 nitrogen and oxygen atoms in total. The van der Waals surface area contributed by atoms with Crippen LogP contribution >= 0.6 is 23.1 Å². The first-order chi connectivity index (χ1) is 5.88. The van der Waals surface area contributed by atoms with Crippen LogP contribution in [0.5, 0.6) is 0 Å². The molecule has 1 aliphatic heterocycles. The molecule has 0 aromatic carbocycles. The van der Waals surface area contributed by atoms with Gasteiger partial charge in [-0.3, -0.25) is 4.79 Å². The Kier molecular flexibility index (Phi) is 2.46. The number of thioether (sulfide) groups is 1. The van der Waals surface area contributed by atoms with Crippen LogP contribution < -0.4 is 0 Å². The molecule has 4 heteroatoms. The highest BCUT2D eigenvalue weighted by Gasteiger charge is 2.25. The van der Waals surface area contributed by atoms with Gasteiger partial charge in [0.05, 0.1) is 10.8 Å². The highest BCUT2D eigenvalue weighted by molar-refractivity contribution is 8.00. The summed E-state index contributed by atoms with van der Waals surface area (Å²) < 4.78 is 0. The first-order valence-corrected chi connectivity index (χ1v) is 5.91. The molecule has 1 unspecified atom stereocenters. The number of nitrogens with zero attached hydrogens (tertiary/aromatic N) is 1. The molecule has 2 heterocycles. The van der Waals surface area contributed by atoms with Gasteiger partial charge in [0.2, 0.25) is 0 Å². The number of Topliss-reactive ketones (excluding diaryl/α,β-unsaturated/α-hetero) is 1. The van der Waals surface area contributed by atoms with Crippen molar-refractivity contribution < 1.29 is 4.79 Å². The summed E-state index contributed by atoms with van der Waals surface area (Å²) in [5.74, 6) is 1.35. The summed E-state index contributed by atoms with van der Waals surface area (Å²) in [7, 11) is 0. The van der Waals surface area contributed by atoms with E-state index in [-0.39, 0.29) is 11.0 Å². The standard InChI is InChI=1S/C8H9NOS2/c10-8(6-4-11-5-9-6)7-2-1-3-12-7/h4-5,7H,1-3H2. The van der Waals surface area contributed by atoms with E-state index in [4.69, 9.17) is 0 Å². The van der Waals surface area contributed by atoms with E-state index in [0.29, 0.717) is 5.69 Å². The van der Waals surface area contributed by atoms with Gasteiger partial charge < -0.3 is 0 Å². The molecule has 0 N–H and O–H groups in total. The van der Waals surface area contributed by atoms with Crippen LogP contribution in [-0.4, -0.2) is 21.8 Å². The average Bonchev–Trinajstić information content (AvgIpc) is 2.77. The maximum Gasteiger partial charge on any atom is 0.194 e. The highest BCUT2D eigenvalue weighted by atomic mass is 32.2. The van der Waals surface area contributed by atoms with E-state index in [0.717, 1.165) is 12.2 Å². The third kappa shape index (κ3) is 1.54. The molecule has 0 amide bonds. The second kappa shape index (κ2) is 3.58. The van der Waals surface area contributed by atoms with E-state index >= 15 is 0 Å². The molecule has 0 saturated carbocycles. The van der Waals surface area contributed by atoms with Crippen molar-refractivity contribution in [3.05, 3.63) is 16.6 Å². The molecule has 0 bridgehead atoms. The Bertz CT molecular complexity index is 265. The number of rotatable bonds is 2. The summed E-state index contributed by atoms with van der Waals surface area (Å²) in [6.45, 7) is 0. The molecule has 0 spiro atoms. The first kappa shape index (κ1) is 8.26.